The number of rotatable bonds is 7. The molecule has 2 heterocycles. The molecule has 0 spiro atoms. The van der Waals surface area contributed by atoms with Crippen molar-refractivity contribution in [1.29, 1.82) is 0 Å². The van der Waals surface area contributed by atoms with Crippen LogP contribution in [-0.4, -0.2) is 34.9 Å². The van der Waals surface area contributed by atoms with Crippen LogP contribution in [0.4, 0.5) is 0 Å². The lowest BCUT2D eigenvalue weighted by Crippen LogP contribution is -2.25. The van der Waals surface area contributed by atoms with E-state index in [9.17, 15) is 4.79 Å². The van der Waals surface area contributed by atoms with Crippen molar-refractivity contribution in [2.45, 2.75) is 27.3 Å². The molecular weight excluding hydrogens is 428 g/mol. The first kappa shape index (κ1) is 23.0. The minimum atomic E-state index is -0.239. The summed E-state index contributed by atoms with van der Waals surface area (Å²) < 4.78 is 12.3. The van der Waals surface area contributed by atoms with Gasteiger partial charge in [-0.05, 0) is 56.2 Å². The van der Waals surface area contributed by atoms with Crippen molar-refractivity contribution in [3.05, 3.63) is 88.9 Å². The van der Waals surface area contributed by atoms with Crippen molar-refractivity contribution in [3.63, 3.8) is 0 Å². The van der Waals surface area contributed by atoms with Gasteiger partial charge in [0, 0.05) is 24.5 Å². The first-order chi connectivity index (χ1) is 16.4. The first-order valence-electron chi connectivity index (χ1n) is 11.0. The van der Waals surface area contributed by atoms with Gasteiger partial charge in [-0.2, -0.15) is 5.10 Å². The van der Waals surface area contributed by atoms with E-state index in [4.69, 9.17) is 9.47 Å². The van der Waals surface area contributed by atoms with Gasteiger partial charge in [0.1, 0.15) is 0 Å². The summed E-state index contributed by atoms with van der Waals surface area (Å²) in [7, 11) is 3.18. The van der Waals surface area contributed by atoms with E-state index in [0.29, 0.717) is 29.4 Å². The number of ether oxygens (including phenoxy) is 2. The highest BCUT2D eigenvalue weighted by Gasteiger charge is 2.17. The van der Waals surface area contributed by atoms with Gasteiger partial charge >= 0.3 is 0 Å². The Labute approximate surface area is 199 Å². The van der Waals surface area contributed by atoms with Gasteiger partial charge in [-0.3, -0.25) is 4.79 Å². The number of nitrogens with one attached hydrogen (secondary N) is 1. The average molecular weight is 457 g/mol. The molecule has 0 aliphatic carbocycles. The van der Waals surface area contributed by atoms with Crippen molar-refractivity contribution in [2.24, 2.45) is 0 Å². The molecule has 7 nitrogen and oxygen atoms in total. The number of aryl methyl sites for hydroxylation is 3. The largest absolute Gasteiger partial charge is 0.493 e. The first-order valence-corrected chi connectivity index (χ1v) is 11.0. The Kier molecular flexibility index (Phi) is 6.63. The van der Waals surface area contributed by atoms with Gasteiger partial charge in [0.15, 0.2) is 17.3 Å². The van der Waals surface area contributed by atoms with E-state index in [2.05, 4.69) is 47.4 Å². The van der Waals surface area contributed by atoms with Crippen LogP contribution >= 0.6 is 0 Å². The van der Waals surface area contributed by atoms with E-state index in [1.165, 1.54) is 0 Å². The van der Waals surface area contributed by atoms with E-state index < -0.39 is 0 Å². The van der Waals surface area contributed by atoms with E-state index >= 15 is 0 Å². The summed E-state index contributed by atoms with van der Waals surface area (Å²) in [5.41, 5.74) is 6.37. The highest BCUT2D eigenvalue weighted by Crippen LogP contribution is 2.28. The highest BCUT2D eigenvalue weighted by molar-refractivity contribution is 5.98. The van der Waals surface area contributed by atoms with E-state index in [1.807, 2.05) is 37.3 Å². The number of benzene rings is 2. The second-order valence-electron chi connectivity index (χ2n) is 8.25. The van der Waals surface area contributed by atoms with Crippen molar-refractivity contribution in [3.8, 4) is 28.4 Å². The fourth-order valence-corrected chi connectivity index (χ4v) is 3.91. The topological polar surface area (TPSA) is 78.3 Å². The van der Waals surface area contributed by atoms with Gasteiger partial charge < -0.3 is 14.8 Å². The second kappa shape index (κ2) is 9.79. The number of amides is 1. The maximum Gasteiger partial charge on any atom is 0.255 e. The minimum Gasteiger partial charge on any atom is -0.493 e. The van der Waals surface area contributed by atoms with Crippen molar-refractivity contribution in [2.75, 3.05) is 14.2 Å². The molecular formula is C27H28N4O3. The Balaban J connectivity index is 1.68. The molecule has 1 amide bonds. The number of pyridine rings is 1. The minimum absolute atomic E-state index is 0.239. The molecule has 34 heavy (non-hydrogen) atoms. The van der Waals surface area contributed by atoms with Gasteiger partial charge in [0.05, 0.1) is 25.5 Å². The normalized spacial score (nSPS) is 10.7. The van der Waals surface area contributed by atoms with Crippen LogP contribution < -0.4 is 14.8 Å². The van der Waals surface area contributed by atoms with Gasteiger partial charge in [0.25, 0.3) is 5.91 Å². The van der Waals surface area contributed by atoms with Crippen LogP contribution in [-0.2, 0) is 6.54 Å². The van der Waals surface area contributed by atoms with Crippen molar-refractivity contribution >= 4 is 5.91 Å². The zero-order valence-corrected chi connectivity index (χ0v) is 20.0. The van der Waals surface area contributed by atoms with Gasteiger partial charge in [-0.15, -0.1) is 0 Å². The molecule has 7 heteroatoms. The van der Waals surface area contributed by atoms with Crippen LogP contribution in [0.2, 0.25) is 0 Å². The van der Waals surface area contributed by atoms with E-state index in [0.717, 1.165) is 33.5 Å². The molecule has 0 radical (unpaired) electrons. The molecule has 0 saturated heterocycles. The van der Waals surface area contributed by atoms with Gasteiger partial charge in [-0.25, -0.2) is 9.67 Å². The molecule has 0 atom stereocenters. The predicted octanol–water partition coefficient (Wildman–Crippen LogP) is 4.81. The lowest BCUT2D eigenvalue weighted by atomic mass is 10.0. The van der Waals surface area contributed by atoms with Gasteiger partial charge in [0.2, 0.25) is 0 Å². The zero-order valence-electron chi connectivity index (χ0n) is 20.0. The molecule has 174 valence electrons. The number of carbonyl (C=O) groups excluding carboxylic acids is 1. The van der Waals surface area contributed by atoms with Crippen molar-refractivity contribution in [1.82, 2.24) is 20.1 Å². The molecule has 0 fully saturated rings. The Hall–Kier alpha value is -4.13. The number of carbonyl (C=O) groups is 1. The molecule has 2 aromatic carbocycles. The van der Waals surface area contributed by atoms with E-state index in [1.54, 1.807) is 31.3 Å². The van der Waals surface area contributed by atoms with E-state index in [-0.39, 0.29) is 5.91 Å². The third-order valence-electron chi connectivity index (χ3n) is 5.51. The van der Waals surface area contributed by atoms with Crippen LogP contribution in [0.15, 0.2) is 60.9 Å². The molecule has 0 unspecified atom stereocenters. The fourth-order valence-electron chi connectivity index (χ4n) is 3.91. The highest BCUT2D eigenvalue weighted by atomic mass is 16.5. The summed E-state index contributed by atoms with van der Waals surface area (Å²) in [6.45, 7) is 6.34. The molecule has 2 aromatic heterocycles. The lowest BCUT2D eigenvalue weighted by Gasteiger charge is -2.13. The molecule has 0 bridgehead atoms. The standard InChI is InChI=1S/C27H28N4O3/c1-17-10-18(2)12-21(11-17)22-14-23(26(28-16-22)31-9-8-19(3)30-31)27(32)29-15-20-6-7-24(33-4)25(13-20)34-5/h6-14,16H,15H2,1-5H3,(H,29,32). The third kappa shape index (κ3) is 4.93. The SMILES string of the molecule is COc1ccc(CNC(=O)c2cc(-c3cc(C)cc(C)c3)cnc2-n2ccc(C)n2)cc1OC. The zero-order chi connectivity index (χ0) is 24.2. The molecule has 4 rings (SSSR count). The van der Waals surface area contributed by atoms with Crippen LogP contribution in [0.25, 0.3) is 16.9 Å². The Morgan fingerprint density at radius 2 is 1.65 bits per heavy atom. The summed E-state index contributed by atoms with van der Waals surface area (Å²) in [4.78, 5) is 18.0. The maximum atomic E-state index is 13.4. The number of hydrogen-bond donors (Lipinski definition) is 1. The summed E-state index contributed by atoms with van der Waals surface area (Å²) in [6.07, 6.45) is 3.59. The van der Waals surface area contributed by atoms with Crippen LogP contribution in [0.1, 0.15) is 32.7 Å². The average Bonchev–Trinajstić information content (AvgIpc) is 3.27. The quantitative estimate of drug-likeness (QED) is 0.432. The van der Waals surface area contributed by atoms with Gasteiger partial charge in [-0.1, -0.05) is 35.4 Å². The Morgan fingerprint density at radius 3 is 2.29 bits per heavy atom. The van der Waals surface area contributed by atoms with Crippen LogP contribution in [0.5, 0.6) is 11.5 Å². The molecule has 1 N–H and O–H groups in total. The molecule has 0 aliphatic heterocycles. The summed E-state index contributed by atoms with van der Waals surface area (Å²) in [6, 6.07) is 15.6. The van der Waals surface area contributed by atoms with Crippen LogP contribution in [0, 0.1) is 20.8 Å². The number of nitrogens with zero attached hydrogens (tertiary/aromatic N) is 3. The monoisotopic (exact) mass is 456 g/mol. The number of aromatic nitrogens is 3. The summed E-state index contributed by atoms with van der Waals surface area (Å²) in [5.74, 6) is 1.49. The number of hydrogen-bond acceptors (Lipinski definition) is 5. The Bertz CT molecular complexity index is 1320. The summed E-state index contributed by atoms with van der Waals surface area (Å²) >= 11 is 0. The van der Waals surface area contributed by atoms with Crippen LogP contribution in [0.3, 0.4) is 0 Å². The molecule has 4 aromatic rings. The lowest BCUT2D eigenvalue weighted by molar-refractivity contribution is 0.0950. The second-order valence-corrected chi connectivity index (χ2v) is 8.25. The summed E-state index contributed by atoms with van der Waals surface area (Å²) in [5, 5.41) is 7.46. The van der Waals surface area contributed by atoms with Crippen molar-refractivity contribution < 1.29 is 14.3 Å². The predicted molar refractivity (Wildman–Crippen MR) is 132 cm³/mol. The Morgan fingerprint density at radius 1 is 0.912 bits per heavy atom. The smallest absolute Gasteiger partial charge is 0.255 e. The third-order valence-corrected chi connectivity index (χ3v) is 5.51. The number of methoxy groups -OCH3 is 2. The maximum absolute atomic E-state index is 13.4. The molecule has 0 aliphatic rings. The molecule has 0 saturated carbocycles. The fraction of sp³-hybridized carbons (Fsp3) is 0.222.